The highest BCUT2D eigenvalue weighted by atomic mass is 16.3. The third kappa shape index (κ3) is 3.98. The van der Waals surface area contributed by atoms with Crippen LogP contribution >= 0.6 is 0 Å². The second-order valence-corrected chi connectivity index (χ2v) is 6.80. The molecule has 0 spiro atoms. The fourth-order valence-electron chi connectivity index (χ4n) is 3.42. The van der Waals surface area contributed by atoms with Gasteiger partial charge >= 0.3 is 0 Å². The Hall–Kier alpha value is -0.0400. The molecule has 17 heavy (non-hydrogen) atoms. The van der Waals surface area contributed by atoms with Crippen molar-refractivity contribution in [2.45, 2.75) is 72.8 Å². The Morgan fingerprint density at radius 1 is 0.882 bits per heavy atom. The molecule has 0 aliphatic heterocycles. The number of rotatable bonds is 7. The summed E-state index contributed by atoms with van der Waals surface area (Å²) in [5.74, 6) is 3.35. The highest BCUT2D eigenvalue weighted by molar-refractivity contribution is 4.94. The first kappa shape index (κ1) is 15.0. The fraction of sp³-hybridized carbons (Fsp3) is 1.00. The van der Waals surface area contributed by atoms with E-state index in [1.165, 1.54) is 32.1 Å². The summed E-state index contributed by atoms with van der Waals surface area (Å²) in [7, 11) is 0. The van der Waals surface area contributed by atoms with Crippen molar-refractivity contribution in [1.82, 2.24) is 0 Å². The SMILES string of the molecule is CC(C)CCCCCC(C)C1C(C)[C@@H](C)C1O. The van der Waals surface area contributed by atoms with Gasteiger partial charge in [0.2, 0.25) is 0 Å². The van der Waals surface area contributed by atoms with Crippen LogP contribution in [0.4, 0.5) is 0 Å². The predicted molar refractivity (Wildman–Crippen MR) is 74.9 cm³/mol. The fourth-order valence-corrected chi connectivity index (χ4v) is 3.42. The molecule has 4 unspecified atom stereocenters. The van der Waals surface area contributed by atoms with Gasteiger partial charge in [-0.3, -0.25) is 0 Å². The summed E-state index contributed by atoms with van der Waals surface area (Å²) in [5, 5.41) is 9.99. The first-order chi connectivity index (χ1) is 7.95. The molecule has 1 heteroatoms. The molecule has 0 aromatic rings. The topological polar surface area (TPSA) is 20.2 Å². The Morgan fingerprint density at radius 2 is 1.47 bits per heavy atom. The van der Waals surface area contributed by atoms with Crippen molar-refractivity contribution < 1.29 is 5.11 Å². The monoisotopic (exact) mass is 240 g/mol. The van der Waals surface area contributed by atoms with Crippen molar-refractivity contribution in [2.24, 2.45) is 29.6 Å². The summed E-state index contributed by atoms with van der Waals surface area (Å²) < 4.78 is 0. The van der Waals surface area contributed by atoms with Crippen molar-refractivity contribution in [3.63, 3.8) is 0 Å². The van der Waals surface area contributed by atoms with Crippen LogP contribution in [0.25, 0.3) is 0 Å². The van der Waals surface area contributed by atoms with E-state index in [2.05, 4.69) is 34.6 Å². The Labute approximate surface area is 108 Å². The first-order valence-corrected chi connectivity index (χ1v) is 7.63. The van der Waals surface area contributed by atoms with E-state index in [0.717, 1.165) is 11.8 Å². The molecule has 1 saturated carbocycles. The van der Waals surface area contributed by atoms with E-state index in [1.807, 2.05) is 0 Å². The third-order valence-corrected chi connectivity index (χ3v) is 4.97. The van der Waals surface area contributed by atoms with Gasteiger partial charge in [0.1, 0.15) is 0 Å². The van der Waals surface area contributed by atoms with Crippen molar-refractivity contribution in [2.75, 3.05) is 0 Å². The molecule has 0 bridgehead atoms. The molecular weight excluding hydrogens is 208 g/mol. The summed E-state index contributed by atoms with van der Waals surface area (Å²) in [4.78, 5) is 0. The Balaban J connectivity index is 2.11. The molecule has 1 rings (SSSR count). The molecule has 1 aliphatic carbocycles. The maximum Gasteiger partial charge on any atom is 0.0601 e. The average Bonchev–Trinajstić information content (AvgIpc) is 2.28. The molecule has 0 heterocycles. The van der Waals surface area contributed by atoms with Gasteiger partial charge in [-0.2, -0.15) is 0 Å². The van der Waals surface area contributed by atoms with Crippen LogP contribution in [0.5, 0.6) is 0 Å². The lowest BCUT2D eigenvalue weighted by Crippen LogP contribution is -2.51. The van der Waals surface area contributed by atoms with E-state index in [4.69, 9.17) is 0 Å². The van der Waals surface area contributed by atoms with Crippen LogP contribution in [0.1, 0.15) is 66.7 Å². The third-order valence-electron chi connectivity index (χ3n) is 4.97. The standard InChI is InChI=1S/C16H32O/c1-11(2)9-7-6-8-10-12(3)15-13(4)14(5)16(15)17/h11-17H,6-10H2,1-5H3/t12?,13?,14-,15?,16?/m1/s1. The minimum absolute atomic E-state index is 0.0318. The van der Waals surface area contributed by atoms with Gasteiger partial charge in [0, 0.05) is 0 Å². The van der Waals surface area contributed by atoms with Crippen molar-refractivity contribution in [3.05, 3.63) is 0 Å². The van der Waals surface area contributed by atoms with Gasteiger partial charge in [0.05, 0.1) is 6.10 Å². The number of unbranched alkanes of at least 4 members (excludes halogenated alkanes) is 2. The second-order valence-electron chi connectivity index (χ2n) is 6.80. The van der Waals surface area contributed by atoms with Gasteiger partial charge in [-0.1, -0.05) is 66.7 Å². The van der Waals surface area contributed by atoms with Crippen LogP contribution in [0, 0.1) is 29.6 Å². The highest BCUT2D eigenvalue weighted by Crippen LogP contribution is 2.45. The lowest BCUT2D eigenvalue weighted by atomic mass is 9.59. The zero-order valence-electron chi connectivity index (χ0n) is 12.4. The van der Waals surface area contributed by atoms with E-state index >= 15 is 0 Å². The summed E-state index contributed by atoms with van der Waals surface area (Å²) >= 11 is 0. The smallest absolute Gasteiger partial charge is 0.0601 e. The van der Waals surface area contributed by atoms with Gasteiger partial charge in [0.25, 0.3) is 0 Å². The van der Waals surface area contributed by atoms with Crippen LogP contribution in [0.3, 0.4) is 0 Å². The minimum Gasteiger partial charge on any atom is -0.393 e. The summed E-state index contributed by atoms with van der Waals surface area (Å²) in [6, 6.07) is 0. The van der Waals surface area contributed by atoms with Crippen molar-refractivity contribution in [3.8, 4) is 0 Å². The molecule has 1 nitrogen and oxygen atoms in total. The van der Waals surface area contributed by atoms with E-state index < -0.39 is 0 Å². The predicted octanol–water partition coefficient (Wildman–Crippen LogP) is 4.49. The van der Waals surface area contributed by atoms with Crippen LogP contribution in [-0.4, -0.2) is 11.2 Å². The Kier molecular flexibility index (Phi) is 5.99. The zero-order valence-corrected chi connectivity index (χ0v) is 12.4. The minimum atomic E-state index is -0.0318. The van der Waals surface area contributed by atoms with Gasteiger partial charge in [-0.15, -0.1) is 0 Å². The van der Waals surface area contributed by atoms with Crippen molar-refractivity contribution in [1.29, 1.82) is 0 Å². The van der Waals surface area contributed by atoms with Gasteiger partial charge in [0.15, 0.2) is 0 Å². The maximum atomic E-state index is 9.99. The summed E-state index contributed by atoms with van der Waals surface area (Å²) in [5.41, 5.74) is 0. The lowest BCUT2D eigenvalue weighted by molar-refractivity contribution is -0.110. The first-order valence-electron chi connectivity index (χ1n) is 7.63. The molecule has 5 atom stereocenters. The van der Waals surface area contributed by atoms with E-state index in [1.54, 1.807) is 0 Å². The summed E-state index contributed by atoms with van der Waals surface area (Å²) in [6.45, 7) is 11.4. The Bertz CT molecular complexity index is 202. The molecule has 0 amide bonds. The second kappa shape index (κ2) is 6.78. The van der Waals surface area contributed by atoms with Crippen LogP contribution in [0.2, 0.25) is 0 Å². The molecule has 0 aromatic carbocycles. The number of hydrogen-bond acceptors (Lipinski definition) is 1. The molecule has 1 aliphatic rings. The van der Waals surface area contributed by atoms with Crippen LogP contribution < -0.4 is 0 Å². The molecule has 1 N–H and O–H groups in total. The van der Waals surface area contributed by atoms with Gasteiger partial charge in [-0.25, -0.2) is 0 Å². The van der Waals surface area contributed by atoms with Crippen molar-refractivity contribution >= 4 is 0 Å². The molecular formula is C16H32O. The normalized spacial score (nSPS) is 34.8. The van der Waals surface area contributed by atoms with Crippen LogP contribution in [0.15, 0.2) is 0 Å². The molecule has 0 radical (unpaired) electrons. The highest BCUT2D eigenvalue weighted by Gasteiger charge is 2.46. The Morgan fingerprint density at radius 3 is 2.00 bits per heavy atom. The largest absolute Gasteiger partial charge is 0.393 e. The average molecular weight is 240 g/mol. The molecule has 102 valence electrons. The molecule has 0 saturated heterocycles. The van der Waals surface area contributed by atoms with Gasteiger partial charge in [-0.05, 0) is 29.6 Å². The van der Waals surface area contributed by atoms with E-state index in [0.29, 0.717) is 17.8 Å². The summed E-state index contributed by atoms with van der Waals surface area (Å²) in [6.07, 6.45) is 6.73. The number of hydrogen-bond donors (Lipinski definition) is 1. The zero-order chi connectivity index (χ0) is 13.0. The molecule has 1 fully saturated rings. The quantitative estimate of drug-likeness (QED) is 0.650. The maximum absolute atomic E-state index is 9.99. The van der Waals surface area contributed by atoms with Crippen LogP contribution in [-0.2, 0) is 0 Å². The van der Waals surface area contributed by atoms with E-state index in [9.17, 15) is 5.11 Å². The molecule has 0 aromatic heterocycles. The van der Waals surface area contributed by atoms with E-state index in [-0.39, 0.29) is 6.10 Å². The van der Waals surface area contributed by atoms with Gasteiger partial charge < -0.3 is 5.11 Å². The number of aliphatic hydroxyl groups is 1. The lowest BCUT2D eigenvalue weighted by Gasteiger charge is -2.49. The number of aliphatic hydroxyl groups excluding tert-OH is 1.